The maximum Gasteiger partial charge on any atom is 0.225 e. The van der Waals surface area contributed by atoms with Gasteiger partial charge in [-0.15, -0.1) is 0 Å². The molecule has 1 amide bonds. The second-order valence-corrected chi connectivity index (χ2v) is 2.34. The smallest absolute Gasteiger partial charge is 0.225 e. The molecule has 0 bridgehead atoms. The van der Waals surface area contributed by atoms with Crippen LogP contribution in [0.4, 0.5) is 0 Å². The van der Waals surface area contributed by atoms with Gasteiger partial charge >= 0.3 is 0 Å². The Morgan fingerprint density at radius 3 is 2.36 bits per heavy atom. The number of amidine groups is 1. The Hall–Kier alpha value is -0.570. The third-order valence-corrected chi connectivity index (χ3v) is 1.53. The van der Waals surface area contributed by atoms with E-state index >= 15 is 0 Å². The number of hydrogen-bond donors (Lipinski definition) is 0. The number of amides is 1. The van der Waals surface area contributed by atoms with Crippen LogP contribution in [0.1, 0.15) is 20.8 Å². The second kappa shape index (κ2) is 5.13. The molecular formula is C7H13ClN2O. The first-order valence-electron chi connectivity index (χ1n) is 3.61. The van der Waals surface area contributed by atoms with Crippen LogP contribution in [0.3, 0.4) is 0 Å². The summed E-state index contributed by atoms with van der Waals surface area (Å²) in [6, 6.07) is 0. The lowest BCUT2D eigenvalue weighted by Gasteiger charge is -2.15. The SMILES string of the molecule is CCN=C(Cl)N(CC)C(C)=O. The Morgan fingerprint density at radius 2 is 2.09 bits per heavy atom. The van der Waals surface area contributed by atoms with E-state index in [-0.39, 0.29) is 11.2 Å². The van der Waals surface area contributed by atoms with E-state index in [1.807, 2.05) is 13.8 Å². The van der Waals surface area contributed by atoms with Crippen molar-refractivity contribution >= 4 is 22.8 Å². The van der Waals surface area contributed by atoms with E-state index in [0.29, 0.717) is 13.1 Å². The number of carbonyl (C=O) groups is 1. The fraction of sp³-hybridized carbons (Fsp3) is 0.714. The molecule has 0 unspecified atom stereocenters. The van der Waals surface area contributed by atoms with Crippen LogP contribution in [0.25, 0.3) is 0 Å². The predicted molar refractivity (Wildman–Crippen MR) is 46.9 cm³/mol. The number of rotatable bonds is 2. The number of aliphatic imine (C=N–C) groups is 1. The van der Waals surface area contributed by atoms with Gasteiger partial charge in [-0.1, -0.05) is 0 Å². The van der Waals surface area contributed by atoms with E-state index in [4.69, 9.17) is 11.6 Å². The van der Waals surface area contributed by atoms with Crippen LogP contribution >= 0.6 is 11.6 Å². The van der Waals surface area contributed by atoms with Gasteiger partial charge in [0.1, 0.15) is 0 Å². The quantitative estimate of drug-likeness (QED) is 0.356. The molecule has 0 aliphatic carbocycles. The molecular weight excluding hydrogens is 164 g/mol. The molecule has 0 saturated carbocycles. The van der Waals surface area contributed by atoms with Crippen LogP contribution in [0.2, 0.25) is 0 Å². The first-order chi connectivity index (χ1) is 5.13. The van der Waals surface area contributed by atoms with E-state index in [2.05, 4.69) is 4.99 Å². The molecule has 0 aromatic heterocycles. The van der Waals surface area contributed by atoms with Crippen molar-refractivity contribution in [1.82, 2.24) is 4.90 Å². The molecule has 0 aliphatic rings. The van der Waals surface area contributed by atoms with Gasteiger partial charge in [0.25, 0.3) is 0 Å². The lowest BCUT2D eigenvalue weighted by Crippen LogP contribution is -2.31. The summed E-state index contributed by atoms with van der Waals surface area (Å²) in [6.07, 6.45) is 0. The lowest BCUT2D eigenvalue weighted by molar-refractivity contribution is -0.124. The van der Waals surface area contributed by atoms with Crippen LogP contribution < -0.4 is 0 Å². The molecule has 0 saturated heterocycles. The molecule has 0 rings (SSSR count). The molecule has 0 spiro atoms. The van der Waals surface area contributed by atoms with E-state index < -0.39 is 0 Å². The zero-order valence-electron chi connectivity index (χ0n) is 7.09. The zero-order valence-corrected chi connectivity index (χ0v) is 7.85. The highest BCUT2D eigenvalue weighted by Gasteiger charge is 2.09. The molecule has 11 heavy (non-hydrogen) atoms. The summed E-state index contributed by atoms with van der Waals surface area (Å²) in [5.74, 6) is -0.0744. The van der Waals surface area contributed by atoms with Crippen LogP contribution in [0.15, 0.2) is 4.99 Å². The van der Waals surface area contributed by atoms with Gasteiger partial charge in [-0.05, 0) is 25.4 Å². The van der Waals surface area contributed by atoms with Gasteiger partial charge in [0.05, 0.1) is 0 Å². The van der Waals surface area contributed by atoms with Gasteiger partial charge in [-0.3, -0.25) is 14.7 Å². The monoisotopic (exact) mass is 176 g/mol. The van der Waals surface area contributed by atoms with Crippen molar-refractivity contribution in [3.05, 3.63) is 0 Å². The number of halogens is 1. The zero-order chi connectivity index (χ0) is 8.85. The summed E-state index contributed by atoms with van der Waals surface area (Å²) in [7, 11) is 0. The molecule has 0 aliphatic heterocycles. The van der Waals surface area contributed by atoms with Crippen molar-refractivity contribution < 1.29 is 4.79 Å². The molecule has 0 N–H and O–H groups in total. The van der Waals surface area contributed by atoms with Gasteiger partial charge in [-0.2, -0.15) is 0 Å². The summed E-state index contributed by atoms with van der Waals surface area (Å²) in [5, 5.41) is 0.280. The number of hydrogen-bond acceptors (Lipinski definition) is 2. The summed E-state index contributed by atoms with van der Waals surface area (Å²) in [4.78, 5) is 16.2. The minimum atomic E-state index is -0.0744. The van der Waals surface area contributed by atoms with E-state index in [1.165, 1.54) is 11.8 Å². The Bertz CT molecular complexity index is 168. The van der Waals surface area contributed by atoms with Gasteiger partial charge in [0, 0.05) is 20.0 Å². The van der Waals surface area contributed by atoms with E-state index in [1.54, 1.807) is 0 Å². The molecule has 0 heterocycles. The highest BCUT2D eigenvalue weighted by atomic mass is 35.5. The van der Waals surface area contributed by atoms with E-state index in [0.717, 1.165) is 0 Å². The van der Waals surface area contributed by atoms with Crippen molar-refractivity contribution in [3.63, 3.8) is 0 Å². The predicted octanol–water partition coefficient (Wildman–Crippen LogP) is 1.47. The Kier molecular flexibility index (Phi) is 4.86. The maximum atomic E-state index is 10.9. The average Bonchev–Trinajstić information content (AvgIpc) is 1.88. The highest BCUT2D eigenvalue weighted by Crippen LogP contribution is 1.97. The van der Waals surface area contributed by atoms with Gasteiger partial charge in [0.2, 0.25) is 11.2 Å². The number of carbonyl (C=O) groups excluding carboxylic acids is 1. The Balaban J connectivity index is 4.25. The van der Waals surface area contributed by atoms with Crippen molar-refractivity contribution in [2.45, 2.75) is 20.8 Å². The van der Waals surface area contributed by atoms with Crippen LogP contribution in [-0.4, -0.2) is 29.2 Å². The van der Waals surface area contributed by atoms with Gasteiger partial charge in [0.15, 0.2) is 0 Å². The van der Waals surface area contributed by atoms with Crippen LogP contribution in [-0.2, 0) is 4.79 Å². The summed E-state index contributed by atoms with van der Waals surface area (Å²) < 4.78 is 0. The first kappa shape index (κ1) is 10.4. The summed E-state index contributed by atoms with van der Waals surface area (Å²) >= 11 is 5.70. The normalized spacial score (nSPS) is 11.5. The van der Waals surface area contributed by atoms with Crippen molar-refractivity contribution in [3.8, 4) is 0 Å². The minimum absolute atomic E-state index is 0.0744. The Morgan fingerprint density at radius 1 is 1.55 bits per heavy atom. The summed E-state index contributed by atoms with van der Waals surface area (Å²) in [5.41, 5.74) is 0. The van der Waals surface area contributed by atoms with Crippen LogP contribution in [0, 0.1) is 0 Å². The fourth-order valence-corrected chi connectivity index (χ4v) is 1.06. The topological polar surface area (TPSA) is 32.7 Å². The Labute approximate surface area is 72.0 Å². The fourth-order valence-electron chi connectivity index (χ4n) is 0.699. The third kappa shape index (κ3) is 3.37. The minimum Gasteiger partial charge on any atom is -0.288 e. The molecule has 3 nitrogen and oxygen atoms in total. The standard InChI is InChI=1S/C7H13ClN2O/c1-4-9-7(8)10(5-2)6(3)11/h4-5H2,1-3H3. The van der Waals surface area contributed by atoms with Crippen molar-refractivity contribution in [1.29, 1.82) is 0 Å². The maximum absolute atomic E-state index is 10.9. The molecule has 0 fully saturated rings. The summed E-state index contributed by atoms with van der Waals surface area (Å²) in [6.45, 7) is 6.36. The average molecular weight is 177 g/mol. The second-order valence-electron chi connectivity index (χ2n) is 2.01. The molecule has 4 heteroatoms. The van der Waals surface area contributed by atoms with Crippen molar-refractivity contribution in [2.75, 3.05) is 13.1 Å². The largest absolute Gasteiger partial charge is 0.288 e. The molecule has 0 atom stereocenters. The van der Waals surface area contributed by atoms with E-state index in [9.17, 15) is 4.79 Å². The van der Waals surface area contributed by atoms with Crippen LogP contribution in [0.5, 0.6) is 0 Å². The molecule has 0 aromatic rings. The number of nitrogens with zero attached hydrogens (tertiary/aromatic N) is 2. The van der Waals surface area contributed by atoms with Gasteiger partial charge in [-0.25, -0.2) is 0 Å². The lowest BCUT2D eigenvalue weighted by atomic mass is 10.5. The highest BCUT2D eigenvalue weighted by molar-refractivity contribution is 6.65. The van der Waals surface area contributed by atoms with Gasteiger partial charge < -0.3 is 0 Å². The molecule has 64 valence electrons. The molecule has 0 radical (unpaired) electrons. The molecule has 0 aromatic carbocycles. The van der Waals surface area contributed by atoms with Crippen molar-refractivity contribution in [2.24, 2.45) is 4.99 Å². The third-order valence-electron chi connectivity index (χ3n) is 1.21. The first-order valence-corrected chi connectivity index (χ1v) is 3.99.